The molecule has 0 radical (unpaired) electrons. The van der Waals surface area contributed by atoms with E-state index in [4.69, 9.17) is 9.47 Å². The molecule has 0 bridgehead atoms. The molecule has 9 nitrogen and oxygen atoms in total. The minimum atomic E-state index is -3.00. The minimum absolute atomic E-state index is 0.0547. The van der Waals surface area contributed by atoms with Crippen LogP contribution in [0.25, 0.3) is 0 Å². The molecule has 1 saturated heterocycles. The van der Waals surface area contributed by atoms with E-state index in [1.165, 1.54) is 0 Å². The monoisotopic (exact) mass is 455 g/mol. The molecular formula is C21H33N3O6S. The fraction of sp³-hybridized carbons (Fsp3) is 0.762. The Morgan fingerprint density at radius 3 is 2.74 bits per heavy atom. The van der Waals surface area contributed by atoms with E-state index in [0.717, 1.165) is 24.1 Å². The second-order valence-corrected chi connectivity index (χ2v) is 10.4. The summed E-state index contributed by atoms with van der Waals surface area (Å²) in [5.74, 6) is -0.637. The highest BCUT2D eigenvalue weighted by Gasteiger charge is 2.29. The topological polar surface area (TPSA) is 117 Å². The maximum atomic E-state index is 12.7. The van der Waals surface area contributed by atoms with E-state index in [1.54, 1.807) is 4.68 Å². The standard InChI is InChI=1S/C21H33N3O6S/c1-2-24-19-17(6-3-11-29-12-5-10-22-20(19)25)18(23-24)7-4-13-30-21(26)16-8-14-31(27,28)15-9-16/h16H,2-15H2,1H3,(H,22,25). The number of sulfone groups is 1. The SMILES string of the molecule is CCn1nc(CCCOC(=O)C2CCS(=O)(=O)CC2)c2c1C(=O)NCCCOCCC2. The van der Waals surface area contributed by atoms with Gasteiger partial charge >= 0.3 is 5.97 Å². The number of esters is 1. The van der Waals surface area contributed by atoms with Gasteiger partial charge in [-0.05, 0) is 51.9 Å². The Morgan fingerprint density at radius 1 is 1.26 bits per heavy atom. The van der Waals surface area contributed by atoms with Gasteiger partial charge in [0.05, 0.1) is 29.7 Å². The van der Waals surface area contributed by atoms with Crippen molar-refractivity contribution in [2.75, 3.05) is 37.9 Å². The number of carbonyl (C=O) groups is 2. The van der Waals surface area contributed by atoms with Crippen LogP contribution in [0.3, 0.4) is 0 Å². The van der Waals surface area contributed by atoms with Crippen LogP contribution in [0.1, 0.15) is 60.8 Å². The van der Waals surface area contributed by atoms with Gasteiger partial charge in [0, 0.05) is 31.9 Å². The van der Waals surface area contributed by atoms with E-state index in [9.17, 15) is 18.0 Å². The molecule has 0 unspecified atom stereocenters. The Kier molecular flexibility index (Phi) is 8.48. The number of ether oxygens (including phenoxy) is 2. The van der Waals surface area contributed by atoms with E-state index < -0.39 is 9.84 Å². The van der Waals surface area contributed by atoms with Crippen LogP contribution < -0.4 is 5.32 Å². The van der Waals surface area contributed by atoms with Gasteiger partial charge in [-0.1, -0.05) is 0 Å². The Morgan fingerprint density at radius 2 is 2.00 bits per heavy atom. The van der Waals surface area contributed by atoms with Crippen molar-refractivity contribution in [3.8, 4) is 0 Å². The smallest absolute Gasteiger partial charge is 0.308 e. The van der Waals surface area contributed by atoms with Crippen LogP contribution in [0.4, 0.5) is 0 Å². The van der Waals surface area contributed by atoms with Gasteiger partial charge in [0.15, 0.2) is 0 Å². The summed E-state index contributed by atoms with van der Waals surface area (Å²) in [6.07, 6.45) is 4.21. The summed E-state index contributed by atoms with van der Waals surface area (Å²) in [6.45, 7) is 4.68. The van der Waals surface area contributed by atoms with Crippen LogP contribution in [0.2, 0.25) is 0 Å². The zero-order valence-corrected chi connectivity index (χ0v) is 19.0. The van der Waals surface area contributed by atoms with Crippen LogP contribution in [-0.2, 0) is 43.5 Å². The van der Waals surface area contributed by atoms with Gasteiger partial charge in [0.2, 0.25) is 0 Å². The summed E-state index contributed by atoms with van der Waals surface area (Å²) in [7, 11) is -3.00. The van der Waals surface area contributed by atoms with Crippen molar-refractivity contribution >= 4 is 21.7 Å². The van der Waals surface area contributed by atoms with Crippen LogP contribution >= 0.6 is 0 Å². The highest BCUT2D eigenvalue weighted by molar-refractivity contribution is 7.91. The average Bonchev–Trinajstić information content (AvgIpc) is 3.08. The van der Waals surface area contributed by atoms with Crippen molar-refractivity contribution in [3.05, 3.63) is 17.0 Å². The molecule has 1 amide bonds. The molecule has 1 N–H and O–H groups in total. The number of rotatable bonds is 6. The first kappa shape index (κ1) is 23.7. The number of aryl methyl sites for hydroxylation is 2. The average molecular weight is 456 g/mol. The van der Waals surface area contributed by atoms with Crippen molar-refractivity contribution in [3.63, 3.8) is 0 Å². The minimum Gasteiger partial charge on any atom is -0.465 e. The van der Waals surface area contributed by atoms with Crippen LogP contribution in [-0.4, -0.2) is 67.9 Å². The van der Waals surface area contributed by atoms with Gasteiger partial charge in [0.25, 0.3) is 5.91 Å². The third-order valence-electron chi connectivity index (χ3n) is 5.81. The molecule has 1 fully saturated rings. The van der Waals surface area contributed by atoms with Gasteiger partial charge in [-0.2, -0.15) is 5.10 Å². The lowest BCUT2D eigenvalue weighted by Gasteiger charge is -2.20. The molecule has 31 heavy (non-hydrogen) atoms. The third-order valence-corrected chi connectivity index (χ3v) is 7.52. The molecule has 0 aliphatic carbocycles. The Hall–Kier alpha value is -1.94. The molecule has 2 aliphatic heterocycles. The van der Waals surface area contributed by atoms with E-state index in [-0.39, 0.29) is 35.9 Å². The molecule has 0 saturated carbocycles. The van der Waals surface area contributed by atoms with Crippen molar-refractivity contribution in [1.29, 1.82) is 0 Å². The zero-order valence-electron chi connectivity index (χ0n) is 18.2. The predicted molar refractivity (Wildman–Crippen MR) is 115 cm³/mol. The summed E-state index contributed by atoms with van der Waals surface area (Å²) in [5.41, 5.74) is 2.44. The first-order valence-corrected chi connectivity index (χ1v) is 13.0. The number of nitrogens with zero attached hydrogens (tertiary/aromatic N) is 2. The van der Waals surface area contributed by atoms with Crippen LogP contribution in [0, 0.1) is 5.92 Å². The lowest BCUT2D eigenvalue weighted by atomic mass is 10.0. The third kappa shape index (κ3) is 6.52. The molecule has 0 spiro atoms. The molecule has 0 aromatic carbocycles. The number of carbonyl (C=O) groups excluding carboxylic acids is 2. The van der Waals surface area contributed by atoms with Crippen LogP contribution in [0.15, 0.2) is 0 Å². The molecule has 174 valence electrons. The fourth-order valence-electron chi connectivity index (χ4n) is 4.06. The van der Waals surface area contributed by atoms with E-state index in [2.05, 4.69) is 10.4 Å². The highest BCUT2D eigenvalue weighted by atomic mass is 32.2. The van der Waals surface area contributed by atoms with Gasteiger partial charge < -0.3 is 14.8 Å². The largest absolute Gasteiger partial charge is 0.465 e. The Bertz CT molecular complexity index is 866. The van der Waals surface area contributed by atoms with Gasteiger partial charge in [-0.15, -0.1) is 0 Å². The first-order chi connectivity index (χ1) is 14.9. The van der Waals surface area contributed by atoms with Crippen molar-refractivity contribution in [2.24, 2.45) is 5.92 Å². The lowest BCUT2D eigenvalue weighted by molar-refractivity contribution is -0.148. The number of fused-ring (bicyclic) bond motifs is 1. The zero-order chi connectivity index (χ0) is 22.3. The Balaban J connectivity index is 1.58. The maximum absolute atomic E-state index is 12.7. The molecule has 3 heterocycles. The molecule has 0 atom stereocenters. The molecular weight excluding hydrogens is 422 g/mol. The summed E-state index contributed by atoms with van der Waals surface area (Å²) in [4.78, 5) is 25.0. The van der Waals surface area contributed by atoms with Gasteiger partial charge in [0.1, 0.15) is 15.5 Å². The fourth-order valence-corrected chi connectivity index (χ4v) is 5.56. The number of amides is 1. The summed E-state index contributed by atoms with van der Waals surface area (Å²) in [6, 6.07) is 0. The summed E-state index contributed by atoms with van der Waals surface area (Å²) < 4.78 is 35.8. The quantitative estimate of drug-likeness (QED) is 0.507. The van der Waals surface area contributed by atoms with Crippen molar-refractivity contribution in [2.45, 2.75) is 58.4 Å². The molecule has 2 aliphatic rings. The molecule has 3 rings (SSSR count). The van der Waals surface area contributed by atoms with E-state index in [1.807, 2.05) is 6.92 Å². The summed E-state index contributed by atoms with van der Waals surface area (Å²) >= 11 is 0. The van der Waals surface area contributed by atoms with Crippen molar-refractivity contribution < 1.29 is 27.5 Å². The second-order valence-electron chi connectivity index (χ2n) is 8.11. The van der Waals surface area contributed by atoms with Crippen LogP contribution in [0.5, 0.6) is 0 Å². The number of hydrogen-bond acceptors (Lipinski definition) is 7. The van der Waals surface area contributed by atoms with Gasteiger partial charge in [-0.3, -0.25) is 14.3 Å². The van der Waals surface area contributed by atoms with E-state index in [0.29, 0.717) is 64.1 Å². The lowest BCUT2D eigenvalue weighted by Crippen LogP contribution is -2.29. The second kappa shape index (κ2) is 11.1. The molecule has 1 aromatic heterocycles. The van der Waals surface area contributed by atoms with Crippen molar-refractivity contribution in [1.82, 2.24) is 15.1 Å². The normalized spacial score (nSPS) is 20.4. The summed E-state index contributed by atoms with van der Waals surface area (Å²) in [5, 5.41) is 7.62. The molecule has 1 aromatic rings. The highest BCUT2D eigenvalue weighted by Crippen LogP contribution is 2.22. The first-order valence-electron chi connectivity index (χ1n) is 11.2. The maximum Gasteiger partial charge on any atom is 0.308 e. The van der Waals surface area contributed by atoms with Gasteiger partial charge in [-0.25, -0.2) is 8.42 Å². The number of nitrogens with one attached hydrogen (secondary N) is 1. The van der Waals surface area contributed by atoms with E-state index >= 15 is 0 Å². The Labute approximate surface area is 183 Å². The predicted octanol–water partition coefficient (Wildman–Crippen LogP) is 1.29. The molecule has 10 heteroatoms. The number of hydrogen-bond donors (Lipinski definition) is 1. The number of aromatic nitrogens is 2.